The number of ether oxygens (including phenoxy) is 3. The van der Waals surface area contributed by atoms with Gasteiger partial charge in [0.05, 0.1) is 12.8 Å². The monoisotopic (exact) mass is 482 g/mol. The second-order valence-electron chi connectivity index (χ2n) is 10.0. The molecule has 2 heterocycles. The first-order valence-corrected chi connectivity index (χ1v) is 12.7. The third-order valence-corrected chi connectivity index (χ3v) is 8.10. The van der Waals surface area contributed by atoms with Crippen LogP contribution in [-0.2, 0) is 26.3 Å². The van der Waals surface area contributed by atoms with Gasteiger partial charge in [0, 0.05) is 17.2 Å². The summed E-state index contributed by atoms with van der Waals surface area (Å²) in [5, 5.41) is 0. The fraction of sp³-hybridized carbons (Fsp3) is 0.367. The Balaban J connectivity index is 1.25. The summed E-state index contributed by atoms with van der Waals surface area (Å²) in [7, 11) is 1.37. The smallest absolute Gasteiger partial charge is 0.334 e. The lowest BCUT2D eigenvalue weighted by atomic mass is 9.64. The molecule has 1 aromatic heterocycles. The average molecular weight is 483 g/mol. The summed E-state index contributed by atoms with van der Waals surface area (Å²) in [5.41, 5.74) is 4.51. The second-order valence-corrected chi connectivity index (χ2v) is 10.0. The molecule has 2 saturated carbocycles. The van der Waals surface area contributed by atoms with Crippen LogP contribution in [0.25, 0.3) is 0 Å². The molecule has 3 aliphatic rings. The highest BCUT2D eigenvalue weighted by atomic mass is 16.5. The number of benzene rings is 2. The molecular weight excluding hydrogens is 452 g/mol. The van der Waals surface area contributed by atoms with Crippen LogP contribution in [0.5, 0.6) is 5.75 Å². The first-order chi connectivity index (χ1) is 17.7. The number of methoxy groups -OCH3 is 1. The van der Waals surface area contributed by atoms with Gasteiger partial charge in [0.2, 0.25) is 5.90 Å². The quantitative estimate of drug-likeness (QED) is 0.439. The Bertz CT molecular complexity index is 1260. The van der Waals surface area contributed by atoms with E-state index in [4.69, 9.17) is 14.2 Å². The van der Waals surface area contributed by atoms with E-state index in [0.29, 0.717) is 18.4 Å². The van der Waals surface area contributed by atoms with Gasteiger partial charge in [-0.1, -0.05) is 36.8 Å². The number of fused-ring (bicyclic) bond motifs is 2. The number of nitrogens with zero attached hydrogens (tertiary/aromatic N) is 2. The molecule has 36 heavy (non-hydrogen) atoms. The van der Waals surface area contributed by atoms with E-state index in [1.165, 1.54) is 43.9 Å². The van der Waals surface area contributed by atoms with Crippen molar-refractivity contribution in [3.8, 4) is 5.75 Å². The van der Waals surface area contributed by atoms with Gasteiger partial charge in [-0.2, -0.15) is 0 Å². The van der Waals surface area contributed by atoms with Crippen LogP contribution in [-0.4, -0.2) is 36.6 Å². The molecule has 1 aliphatic heterocycles. The Labute approximate surface area is 211 Å². The Morgan fingerprint density at radius 3 is 2.44 bits per heavy atom. The molecule has 3 aromatic rings. The summed E-state index contributed by atoms with van der Waals surface area (Å²) in [5.74, 6) is 2.41. The van der Waals surface area contributed by atoms with Crippen LogP contribution in [0, 0.1) is 11.8 Å². The molecule has 0 radical (unpaired) electrons. The van der Waals surface area contributed by atoms with Gasteiger partial charge in [-0.25, -0.2) is 9.79 Å². The standard InChI is InChI=1S/C30H30N2O4/c1-34-29(33)27-19-36-28(32-27)21-6-9-22(10-7-21)30(17-20-5-8-24(30)16-20)23-11-13-26(14-12-23)35-18-25-4-2-3-15-31-25/h2-4,6-7,9-15,20,24,27H,5,8,16-19H2,1H3/t20?,24?,27-,30+/m1/s1. The number of rotatable bonds is 7. The third kappa shape index (κ3) is 4.04. The van der Waals surface area contributed by atoms with Crippen molar-refractivity contribution in [1.82, 2.24) is 4.98 Å². The largest absolute Gasteiger partial charge is 0.487 e. The van der Waals surface area contributed by atoms with Crippen molar-refractivity contribution in [2.45, 2.75) is 43.7 Å². The molecule has 0 spiro atoms. The van der Waals surface area contributed by atoms with Crippen molar-refractivity contribution >= 4 is 11.9 Å². The number of carbonyl (C=O) groups excluding carboxylic acids is 1. The fourth-order valence-corrected chi connectivity index (χ4v) is 6.39. The number of aromatic nitrogens is 1. The van der Waals surface area contributed by atoms with Gasteiger partial charge >= 0.3 is 5.97 Å². The molecule has 2 fully saturated rings. The van der Waals surface area contributed by atoms with E-state index in [2.05, 4.69) is 58.5 Å². The minimum Gasteiger partial charge on any atom is -0.487 e. The highest BCUT2D eigenvalue weighted by molar-refractivity contribution is 5.97. The summed E-state index contributed by atoms with van der Waals surface area (Å²) in [6, 6.07) is 22.5. The van der Waals surface area contributed by atoms with Gasteiger partial charge in [-0.15, -0.1) is 0 Å². The zero-order valence-electron chi connectivity index (χ0n) is 20.4. The first kappa shape index (κ1) is 22.8. The highest BCUT2D eigenvalue weighted by Gasteiger charge is 2.52. The van der Waals surface area contributed by atoms with E-state index < -0.39 is 6.04 Å². The summed E-state index contributed by atoms with van der Waals surface area (Å²) >= 11 is 0. The van der Waals surface area contributed by atoms with Gasteiger partial charge in [0.15, 0.2) is 6.04 Å². The highest BCUT2D eigenvalue weighted by Crippen LogP contribution is 2.60. The summed E-state index contributed by atoms with van der Waals surface area (Å²) in [6.07, 6.45) is 6.84. The van der Waals surface area contributed by atoms with Crippen LogP contribution >= 0.6 is 0 Å². The molecule has 0 N–H and O–H groups in total. The molecule has 2 unspecified atom stereocenters. The lowest BCUT2D eigenvalue weighted by Gasteiger charge is -2.39. The predicted molar refractivity (Wildman–Crippen MR) is 136 cm³/mol. The third-order valence-electron chi connectivity index (χ3n) is 8.10. The van der Waals surface area contributed by atoms with E-state index in [9.17, 15) is 4.79 Å². The first-order valence-electron chi connectivity index (χ1n) is 12.7. The summed E-state index contributed by atoms with van der Waals surface area (Å²) in [6.45, 7) is 0.687. The van der Waals surface area contributed by atoms with Crippen LogP contribution in [0.2, 0.25) is 0 Å². The lowest BCUT2D eigenvalue weighted by Crippen LogP contribution is -2.34. The van der Waals surface area contributed by atoms with Crippen LogP contribution in [0.15, 0.2) is 77.9 Å². The van der Waals surface area contributed by atoms with E-state index >= 15 is 0 Å². The van der Waals surface area contributed by atoms with Crippen molar-refractivity contribution < 1.29 is 19.0 Å². The number of carbonyl (C=O) groups is 1. The zero-order chi connectivity index (χ0) is 24.5. The Morgan fingerprint density at radius 1 is 1.03 bits per heavy atom. The number of hydrogen-bond acceptors (Lipinski definition) is 6. The Hall–Kier alpha value is -3.67. The molecule has 2 aliphatic carbocycles. The molecule has 2 bridgehead atoms. The lowest BCUT2D eigenvalue weighted by molar-refractivity contribution is -0.142. The number of esters is 1. The minimum absolute atomic E-state index is 0.00779. The second kappa shape index (κ2) is 9.41. The average Bonchev–Trinajstić information content (AvgIpc) is 3.70. The molecule has 6 nitrogen and oxygen atoms in total. The minimum atomic E-state index is -0.583. The van der Waals surface area contributed by atoms with Crippen LogP contribution in [0.3, 0.4) is 0 Å². The van der Waals surface area contributed by atoms with E-state index in [0.717, 1.165) is 22.9 Å². The maximum absolute atomic E-state index is 11.8. The van der Waals surface area contributed by atoms with Crippen LogP contribution < -0.4 is 4.74 Å². The van der Waals surface area contributed by atoms with Gasteiger partial charge in [0.25, 0.3) is 0 Å². The Kier molecular flexibility index (Phi) is 5.96. The molecule has 0 saturated heterocycles. The summed E-state index contributed by atoms with van der Waals surface area (Å²) in [4.78, 5) is 20.6. The van der Waals surface area contributed by atoms with Gasteiger partial charge in [0.1, 0.15) is 19.0 Å². The maximum atomic E-state index is 11.8. The number of aliphatic imine (C=N–C) groups is 1. The molecular formula is C30H30N2O4. The topological polar surface area (TPSA) is 70.0 Å². The van der Waals surface area contributed by atoms with Crippen molar-refractivity contribution in [2.75, 3.05) is 13.7 Å². The molecule has 4 atom stereocenters. The SMILES string of the molecule is COC(=O)[C@H]1COC(c2ccc([C@]3(c4ccc(OCc5ccccn5)cc4)CC4CCC3C4)cc2)=N1. The van der Waals surface area contributed by atoms with Crippen molar-refractivity contribution in [1.29, 1.82) is 0 Å². The Morgan fingerprint density at radius 2 is 1.81 bits per heavy atom. The van der Waals surface area contributed by atoms with E-state index in [1.54, 1.807) is 6.20 Å². The van der Waals surface area contributed by atoms with Crippen LogP contribution in [0.4, 0.5) is 0 Å². The molecule has 184 valence electrons. The summed E-state index contributed by atoms with van der Waals surface area (Å²) < 4.78 is 16.5. The van der Waals surface area contributed by atoms with Gasteiger partial charge < -0.3 is 14.2 Å². The van der Waals surface area contributed by atoms with Gasteiger partial charge in [-0.05, 0) is 78.6 Å². The van der Waals surface area contributed by atoms with Crippen molar-refractivity contribution in [2.24, 2.45) is 16.8 Å². The number of hydrogen-bond donors (Lipinski definition) is 0. The van der Waals surface area contributed by atoms with Crippen molar-refractivity contribution in [3.05, 3.63) is 95.3 Å². The molecule has 6 rings (SSSR count). The predicted octanol–water partition coefficient (Wildman–Crippen LogP) is 5.09. The number of pyridine rings is 1. The van der Waals surface area contributed by atoms with E-state index in [1.807, 2.05) is 18.2 Å². The van der Waals surface area contributed by atoms with Crippen LogP contribution in [0.1, 0.15) is 48.1 Å². The van der Waals surface area contributed by atoms with Crippen molar-refractivity contribution in [3.63, 3.8) is 0 Å². The van der Waals surface area contributed by atoms with E-state index in [-0.39, 0.29) is 18.0 Å². The zero-order valence-corrected chi connectivity index (χ0v) is 20.4. The molecule has 6 heteroatoms. The van der Waals surface area contributed by atoms with Gasteiger partial charge in [-0.3, -0.25) is 4.98 Å². The fourth-order valence-electron chi connectivity index (χ4n) is 6.39. The molecule has 2 aromatic carbocycles. The normalized spacial score (nSPS) is 26.4. The molecule has 0 amide bonds. The maximum Gasteiger partial charge on any atom is 0.334 e.